The van der Waals surface area contributed by atoms with Gasteiger partial charge in [-0.25, -0.2) is 13.2 Å². The van der Waals surface area contributed by atoms with Crippen molar-refractivity contribution in [3.05, 3.63) is 35.9 Å². The van der Waals surface area contributed by atoms with Gasteiger partial charge in [-0.05, 0) is 69.6 Å². The Hall–Kier alpha value is -1.82. The van der Waals surface area contributed by atoms with Gasteiger partial charge in [0.2, 0.25) is 5.91 Å². The van der Waals surface area contributed by atoms with E-state index in [0.29, 0.717) is 17.6 Å². The summed E-state index contributed by atoms with van der Waals surface area (Å²) in [7, 11) is -3.33. The minimum atomic E-state index is -3.33. The number of nitrogens with one attached hydrogen (secondary N) is 2. The SMILES string of the molecule is CC(C)[C@H]1[C@@H](OC(=O)N[C@@H](Cc2ccccc2)[C@H](O)CN2C[C@H]3CCS[C@H]3C[C@H]2C(=O)NC(C)(C)C)CCS1(=O)=O. The second kappa shape index (κ2) is 13.2. The number of ether oxygens (including phenoxy) is 1. The number of piperidine rings is 1. The third-order valence-corrected chi connectivity index (χ3v) is 12.3. The molecule has 0 aliphatic carbocycles. The van der Waals surface area contributed by atoms with Crippen LogP contribution in [-0.2, 0) is 25.8 Å². The van der Waals surface area contributed by atoms with Crippen molar-refractivity contribution >= 4 is 33.6 Å². The first kappa shape index (κ1) is 32.1. The second-order valence-electron chi connectivity index (χ2n) is 13.2. The number of likely N-dealkylation sites (tertiary alicyclic amines) is 1. The minimum Gasteiger partial charge on any atom is -0.445 e. The van der Waals surface area contributed by atoms with E-state index in [4.69, 9.17) is 4.74 Å². The molecule has 2 amide bonds. The zero-order valence-electron chi connectivity index (χ0n) is 24.9. The van der Waals surface area contributed by atoms with E-state index in [0.717, 1.165) is 30.7 Å². The summed E-state index contributed by atoms with van der Waals surface area (Å²) in [6.45, 7) is 10.5. The van der Waals surface area contributed by atoms with E-state index < -0.39 is 39.4 Å². The third-order valence-electron chi connectivity index (χ3n) is 8.38. The number of nitrogens with zero attached hydrogens (tertiary/aromatic N) is 1. The zero-order valence-corrected chi connectivity index (χ0v) is 26.5. The summed E-state index contributed by atoms with van der Waals surface area (Å²) in [5, 5.41) is 17.3. The van der Waals surface area contributed by atoms with Crippen molar-refractivity contribution in [1.29, 1.82) is 0 Å². The normalized spacial score (nSPS) is 29.5. The molecule has 0 saturated carbocycles. The number of aliphatic hydroxyl groups excluding tert-OH is 1. The molecule has 4 rings (SSSR count). The highest BCUT2D eigenvalue weighted by Crippen LogP contribution is 2.40. The van der Waals surface area contributed by atoms with Crippen molar-refractivity contribution in [3.63, 3.8) is 0 Å². The predicted octanol–water partition coefficient (Wildman–Crippen LogP) is 3.01. The molecule has 3 aliphatic heterocycles. The highest BCUT2D eigenvalue weighted by molar-refractivity contribution is 8.00. The Balaban J connectivity index is 1.50. The van der Waals surface area contributed by atoms with Gasteiger partial charge in [0.25, 0.3) is 0 Å². The average molecular weight is 610 g/mol. The molecule has 0 aromatic heterocycles. The maximum atomic E-state index is 13.4. The molecule has 0 bridgehead atoms. The van der Waals surface area contributed by atoms with Gasteiger partial charge >= 0.3 is 6.09 Å². The summed E-state index contributed by atoms with van der Waals surface area (Å²) in [6.07, 6.45) is 0.0203. The number of amides is 2. The van der Waals surface area contributed by atoms with Gasteiger partial charge in [0.1, 0.15) is 11.4 Å². The Kier molecular flexibility index (Phi) is 10.4. The van der Waals surface area contributed by atoms with E-state index in [2.05, 4.69) is 15.5 Å². The molecule has 3 aliphatic rings. The monoisotopic (exact) mass is 609 g/mol. The molecule has 7 atom stereocenters. The van der Waals surface area contributed by atoms with Crippen LogP contribution in [0.1, 0.15) is 59.4 Å². The third kappa shape index (κ3) is 8.39. The average Bonchev–Trinajstić information content (AvgIpc) is 3.45. The van der Waals surface area contributed by atoms with Crippen LogP contribution in [0, 0.1) is 11.8 Å². The Morgan fingerprint density at radius 3 is 2.54 bits per heavy atom. The lowest BCUT2D eigenvalue weighted by atomic mass is 9.89. The van der Waals surface area contributed by atoms with Gasteiger partial charge in [0.05, 0.1) is 23.9 Å². The number of fused-ring (bicyclic) bond motifs is 1. The minimum absolute atomic E-state index is 0.00269. The molecular formula is C30H47N3O6S2. The number of thioether (sulfide) groups is 1. The van der Waals surface area contributed by atoms with Crippen molar-refractivity contribution in [2.45, 2.75) is 101 Å². The number of alkyl carbamates (subject to hydrolysis) is 1. The summed E-state index contributed by atoms with van der Waals surface area (Å²) >= 11 is 1.93. The first-order valence-electron chi connectivity index (χ1n) is 14.8. The fourth-order valence-corrected chi connectivity index (χ4v) is 10.4. The first-order chi connectivity index (χ1) is 19.2. The molecule has 3 heterocycles. The van der Waals surface area contributed by atoms with E-state index in [1.165, 1.54) is 0 Å². The summed E-state index contributed by atoms with van der Waals surface area (Å²) in [5.74, 6) is 1.33. The maximum absolute atomic E-state index is 13.4. The number of aliphatic hydroxyl groups is 1. The molecule has 3 N–H and O–H groups in total. The Morgan fingerprint density at radius 2 is 1.88 bits per heavy atom. The number of rotatable bonds is 9. The first-order valence-corrected chi connectivity index (χ1v) is 17.6. The second-order valence-corrected chi connectivity index (χ2v) is 16.8. The number of carbonyl (C=O) groups is 2. The van der Waals surface area contributed by atoms with E-state index >= 15 is 0 Å². The summed E-state index contributed by atoms with van der Waals surface area (Å²) in [4.78, 5) is 28.6. The lowest BCUT2D eigenvalue weighted by Crippen LogP contribution is -2.60. The lowest BCUT2D eigenvalue weighted by Gasteiger charge is -2.43. The molecule has 3 fully saturated rings. The summed E-state index contributed by atoms with van der Waals surface area (Å²) in [5.41, 5.74) is 0.567. The zero-order chi connectivity index (χ0) is 29.9. The Bertz CT molecular complexity index is 1160. The van der Waals surface area contributed by atoms with Crippen LogP contribution in [0.5, 0.6) is 0 Å². The number of hydrogen-bond donors (Lipinski definition) is 3. The highest BCUT2D eigenvalue weighted by atomic mass is 32.2. The Morgan fingerprint density at radius 1 is 1.17 bits per heavy atom. The van der Waals surface area contributed by atoms with Gasteiger partial charge < -0.3 is 20.5 Å². The quantitative estimate of drug-likeness (QED) is 0.390. The van der Waals surface area contributed by atoms with E-state index in [-0.39, 0.29) is 42.1 Å². The lowest BCUT2D eigenvalue weighted by molar-refractivity contribution is -0.130. The van der Waals surface area contributed by atoms with Gasteiger partial charge in [-0.1, -0.05) is 44.2 Å². The molecule has 230 valence electrons. The fourth-order valence-electron chi connectivity index (χ4n) is 6.51. The number of sulfone groups is 1. The van der Waals surface area contributed by atoms with Crippen molar-refractivity contribution in [3.8, 4) is 0 Å². The van der Waals surface area contributed by atoms with E-state index in [1.54, 1.807) is 0 Å². The van der Waals surface area contributed by atoms with Crippen molar-refractivity contribution < 1.29 is 27.9 Å². The molecule has 1 aromatic rings. The maximum Gasteiger partial charge on any atom is 0.407 e. The molecule has 3 saturated heterocycles. The van der Waals surface area contributed by atoms with Crippen LogP contribution in [0.25, 0.3) is 0 Å². The predicted molar refractivity (Wildman–Crippen MR) is 163 cm³/mol. The van der Waals surface area contributed by atoms with Crippen LogP contribution in [-0.4, -0.2) is 95.4 Å². The fraction of sp³-hybridized carbons (Fsp3) is 0.733. The van der Waals surface area contributed by atoms with Gasteiger partial charge in [-0.3, -0.25) is 9.69 Å². The van der Waals surface area contributed by atoms with Crippen molar-refractivity contribution in [1.82, 2.24) is 15.5 Å². The molecule has 0 radical (unpaired) electrons. The molecule has 0 unspecified atom stereocenters. The van der Waals surface area contributed by atoms with Gasteiger partial charge in [0.15, 0.2) is 9.84 Å². The van der Waals surface area contributed by atoms with Gasteiger partial charge in [-0.15, -0.1) is 0 Å². The van der Waals surface area contributed by atoms with Crippen LogP contribution < -0.4 is 10.6 Å². The smallest absolute Gasteiger partial charge is 0.407 e. The van der Waals surface area contributed by atoms with Crippen LogP contribution >= 0.6 is 11.8 Å². The van der Waals surface area contributed by atoms with Crippen molar-refractivity contribution in [2.24, 2.45) is 11.8 Å². The summed E-state index contributed by atoms with van der Waals surface area (Å²) < 4.78 is 30.8. The standard InChI is InChI=1S/C30H47N3O6S2/c1-19(2)27-25(12-14-41(27,37)38)39-29(36)31-22(15-20-9-7-6-8-10-20)24(34)18-33-17-21-11-13-40-26(21)16-23(33)28(35)32-30(3,4)5/h6-10,19,21-27,34H,11-18H2,1-5H3,(H,31,36)(H,32,35)/t21-,22+,23+,24-,25+,26+,27+/m1/s1. The van der Waals surface area contributed by atoms with Gasteiger partial charge in [-0.2, -0.15) is 11.8 Å². The molecule has 11 heteroatoms. The number of β-amino-alcohol motifs (C(OH)–C–C–N with tert-alkyl or cyclic N) is 1. The number of benzene rings is 1. The topological polar surface area (TPSA) is 125 Å². The Labute approximate surface area is 249 Å². The van der Waals surface area contributed by atoms with Crippen LogP contribution in [0.2, 0.25) is 0 Å². The van der Waals surface area contributed by atoms with E-state index in [1.807, 2.05) is 76.7 Å². The molecular weight excluding hydrogens is 562 g/mol. The van der Waals surface area contributed by atoms with Crippen molar-refractivity contribution in [2.75, 3.05) is 24.6 Å². The van der Waals surface area contributed by atoms with Crippen LogP contribution in [0.4, 0.5) is 4.79 Å². The van der Waals surface area contributed by atoms with E-state index in [9.17, 15) is 23.1 Å². The molecule has 0 spiro atoms. The largest absolute Gasteiger partial charge is 0.445 e. The molecule has 9 nitrogen and oxygen atoms in total. The number of hydrogen-bond acceptors (Lipinski definition) is 8. The highest BCUT2D eigenvalue weighted by Gasteiger charge is 2.45. The summed E-state index contributed by atoms with van der Waals surface area (Å²) in [6, 6.07) is 8.54. The molecule has 1 aromatic carbocycles. The van der Waals surface area contributed by atoms with Crippen LogP contribution in [0.15, 0.2) is 30.3 Å². The van der Waals surface area contributed by atoms with Crippen LogP contribution in [0.3, 0.4) is 0 Å². The number of carbonyl (C=O) groups excluding carboxylic acids is 2. The molecule has 41 heavy (non-hydrogen) atoms. The van der Waals surface area contributed by atoms with Gasteiger partial charge in [0, 0.05) is 23.9 Å².